The van der Waals surface area contributed by atoms with Crippen LogP contribution in [0.15, 0.2) is 66.7 Å². The molecule has 8 heteroatoms. The van der Waals surface area contributed by atoms with E-state index in [-0.39, 0.29) is 37.0 Å². The van der Waals surface area contributed by atoms with E-state index in [4.69, 9.17) is 32.7 Å². The van der Waals surface area contributed by atoms with Gasteiger partial charge in [-0.05, 0) is 78.6 Å². The van der Waals surface area contributed by atoms with Crippen molar-refractivity contribution in [1.82, 2.24) is 0 Å². The van der Waals surface area contributed by atoms with Crippen LogP contribution in [-0.2, 0) is 14.3 Å². The number of nitrogens with zero attached hydrogens (tertiary/aromatic N) is 1. The molecule has 1 aliphatic rings. The van der Waals surface area contributed by atoms with Crippen LogP contribution in [0.5, 0.6) is 11.5 Å². The Kier molecular flexibility index (Phi) is 9.31. The summed E-state index contributed by atoms with van der Waals surface area (Å²) in [7, 11) is 0. The van der Waals surface area contributed by atoms with Crippen LogP contribution in [0.4, 0.5) is 5.69 Å². The fourth-order valence-electron chi connectivity index (χ4n) is 4.52. The smallest absolute Gasteiger partial charge is 0.312 e. The van der Waals surface area contributed by atoms with Gasteiger partial charge in [-0.1, -0.05) is 37.6 Å². The summed E-state index contributed by atoms with van der Waals surface area (Å²) in [5, 5.41) is 0.497. The third-order valence-electron chi connectivity index (χ3n) is 6.68. The summed E-state index contributed by atoms with van der Waals surface area (Å²) in [4.78, 5) is 40.3. The molecule has 0 bridgehead atoms. The molecule has 3 aromatic rings. The summed E-state index contributed by atoms with van der Waals surface area (Å²) >= 11 is 11.8. The van der Waals surface area contributed by atoms with Gasteiger partial charge >= 0.3 is 5.97 Å². The van der Waals surface area contributed by atoms with Crippen LogP contribution in [0.1, 0.15) is 54.1 Å². The number of amides is 1. The lowest BCUT2D eigenvalue weighted by Gasteiger charge is -2.20. The van der Waals surface area contributed by atoms with Gasteiger partial charge in [0.15, 0.2) is 6.10 Å². The zero-order chi connectivity index (χ0) is 28.1. The van der Waals surface area contributed by atoms with Crippen molar-refractivity contribution in [1.29, 1.82) is 0 Å². The molecule has 1 aliphatic heterocycles. The fourth-order valence-corrected chi connectivity index (χ4v) is 4.85. The molecule has 2 atom stereocenters. The molecule has 0 aromatic heterocycles. The second-order valence-corrected chi connectivity index (χ2v) is 10.8. The van der Waals surface area contributed by atoms with E-state index in [1.807, 2.05) is 25.1 Å². The summed E-state index contributed by atoms with van der Waals surface area (Å²) in [6.45, 7) is 6.42. The van der Waals surface area contributed by atoms with Crippen LogP contribution in [0.2, 0.25) is 5.02 Å². The van der Waals surface area contributed by atoms with Crippen molar-refractivity contribution in [3.63, 3.8) is 0 Å². The molecule has 204 valence electrons. The number of carbonyl (C=O) groups is 3. The number of Topliss-reactive ketones (excluding diaryl/α,β-unsaturated/α-hetero) is 1. The van der Waals surface area contributed by atoms with Crippen molar-refractivity contribution in [2.75, 3.05) is 17.3 Å². The molecule has 0 N–H and O–H groups in total. The largest absolute Gasteiger partial charge is 0.457 e. The van der Waals surface area contributed by atoms with E-state index in [0.29, 0.717) is 27.9 Å². The molecule has 3 aromatic carbocycles. The van der Waals surface area contributed by atoms with Crippen LogP contribution in [0.3, 0.4) is 0 Å². The minimum Gasteiger partial charge on any atom is -0.457 e. The lowest BCUT2D eigenvalue weighted by atomic mass is 10.0. The number of esters is 1. The van der Waals surface area contributed by atoms with Crippen LogP contribution in [0, 0.1) is 12.8 Å². The average molecular weight is 568 g/mol. The molecule has 1 amide bonds. The van der Waals surface area contributed by atoms with Crippen molar-refractivity contribution in [3.05, 3.63) is 88.4 Å². The number of anilines is 1. The van der Waals surface area contributed by atoms with Gasteiger partial charge in [0, 0.05) is 41.5 Å². The highest BCUT2D eigenvalue weighted by Crippen LogP contribution is 2.33. The first kappa shape index (κ1) is 28.7. The van der Waals surface area contributed by atoms with E-state index in [2.05, 4.69) is 26.0 Å². The van der Waals surface area contributed by atoms with Crippen molar-refractivity contribution < 1.29 is 23.9 Å². The van der Waals surface area contributed by atoms with Crippen molar-refractivity contribution >= 4 is 46.5 Å². The maximum atomic E-state index is 13.0. The summed E-state index contributed by atoms with van der Waals surface area (Å²) in [5.74, 6) is 0.0770. The highest BCUT2D eigenvalue weighted by Gasteiger charge is 2.38. The summed E-state index contributed by atoms with van der Waals surface area (Å²) in [6, 6.07) is 19.7. The third-order valence-corrected chi connectivity index (χ3v) is 7.15. The number of benzene rings is 3. The lowest BCUT2D eigenvalue weighted by molar-refractivity contribution is -0.151. The minimum atomic E-state index is -1.03. The molecule has 0 spiro atoms. The monoisotopic (exact) mass is 567 g/mol. The molecule has 6 nitrogen and oxygen atoms in total. The molecule has 0 radical (unpaired) electrons. The molecule has 1 fully saturated rings. The number of ether oxygens (including phenoxy) is 2. The summed E-state index contributed by atoms with van der Waals surface area (Å²) in [5.41, 5.74) is 3.25. The molecule has 0 saturated carbocycles. The Hall–Kier alpha value is -3.35. The zero-order valence-corrected chi connectivity index (χ0v) is 23.7. The van der Waals surface area contributed by atoms with Crippen LogP contribution in [0.25, 0.3) is 0 Å². The van der Waals surface area contributed by atoms with Gasteiger partial charge < -0.3 is 14.4 Å². The molecular weight excluding hydrogens is 537 g/mol. The predicted molar refractivity (Wildman–Crippen MR) is 153 cm³/mol. The number of aryl methyl sites for hydroxylation is 1. The molecule has 39 heavy (non-hydrogen) atoms. The van der Waals surface area contributed by atoms with Crippen molar-refractivity contribution in [2.24, 2.45) is 5.92 Å². The maximum absolute atomic E-state index is 13.0. The van der Waals surface area contributed by atoms with Gasteiger partial charge in [0.05, 0.1) is 5.92 Å². The number of alkyl halides is 1. The van der Waals surface area contributed by atoms with E-state index < -0.39 is 18.0 Å². The standard InChI is InChI=1S/C31H31Cl2NO5/c1-19(2)26-13-4-20(3)16-28(26)38-25-11-9-24(10-12-25)34-18-22(17-29(34)35)31(37)39-27(14-15-32)30(36)21-5-7-23(33)8-6-21/h4-13,16,19,22,27H,14-15,17-18H2,1-3H3/t22-,27+/m1/s1. The van der Waals surface area contributed by atoms with Gasteiger partial charge in [-0.15, -0.1) is 11.6 Å². The van der Waals surface area contributed by atoms with Gasteiger partial charge in [0.25, 0.3) is 0 Å². The number of hydrogen-bond acceptors (Lipinski definition) is 5. The van der Waals surface area contributed by atoms with Crippen LogP contribution >= 0.6 is 23.2 Å². The van der Waals surface area contributed by atoms with E-state index >= 15 is 0 Å². The Morgan fingerprint density at radius 2 is 1.72 bits per heavy atom. The molecular formula is C31H31Cl2NO5. The van der Waals surface area contributed by atoms with Crippen molar-refractivity contribution in [3.8, 4) is 11.5 Å². The first-order chi connectivity index (χ1) is 18.7. The van der Waals surface area contributed by atoms with Gasteiger partial charge in [0.2, 0.25) is 11.7 Å². The Balaban J connectivity index is 1.41. The Labute approximate surface area is 238 Å². The Bertz CT molecular complexity index is 1340. The van der Waals surface area contributed by atoms with Gasteiger partial charge in [-0.2, -0.15) is 0 Å². The number of ketones is 1. The number of rotatable bonds is 10. The van der Waals surface area contributed by atoms with Crippen LogP contribution in [-0.4, -0.2) is 36.2 Å². The summed E-state index contributed by atoms with van der Waals surface area (Å²) in [6.07, 6.45) is -0.866. The zero-order valence-electron chi connectivity index (χ0n) is 22.2. The molecule has 0 unspecified atom stereocenters. The van der Waals surface area contributed by atoms with Gasteiger partial charge in [-0.3, -0.25) is 14.4 Å². The minimum absolute atomic E-state index is 0.000849. The Morgan fingerprint density at radius 1 is 1.03 bits per heavy atom. The van der Waals surface area contributed by atoms with Crippen molar-refractivity contribution in [2.45, 2.75) is 45.6 Å². The first-order valence-corrected chi connectivity index (χ1v) is 13.8. The quantitative estimate of drug-likeness (QED) is 0.145. The maximum Gasteiger partial charge on any atom is 0.312 e. The second kappa shape index (κ2) is 12.7. The number of carbonyl (C=O) groups excluding carboxylic acids is 3. The SMILES string of the molecule is Cc1ccc(C(C)C)c(Oc2ccc(N3C[C@H](C(=O)O[C@@H](CCCl)C(=O)c4ccc(Cl)cc4)CC3=O)cc2)c1. The first-order valence-electron chi connectivity index (χ1n) is 12.9. The Morgan fingerprint density at radius 3 is 2.36 bits per heavy atom. The highest BCUT2D eigenvalue weighted by molar-refractivity contribution is 6.30. The molecule has 0 aliphatic carbocycles. The second-order valence-electron chi connectivity index (χ2n) is 9.97. The molecule has 1 saturated heterocycles. The molecule has 4 rings (SSSR count). The lowest BCUT2D eigenvalue weighted by Crippen LogP contribution is -2.32. The average Bonchev–Trinajstić information content (AvgIpc) is 3.30. The van der Waals surface area contributed by atoms with Crippen LogP contribution < -0.4 is 9.64 Å². The normalized spacial score (nSPS) is 15.9. The van der Waals surface area contributed by atoms with E-state index in [9.17, 15) is 14.4 Å². The fraction of sp³-hybridized carbons (Fsp3) is 0.323. The predicted octanol–water partition coefficient (Wildman–Crippen LogP) is 7.34. The summed E-state index contributed by atoms with van der Waals surface area (Å²) < 4.78 is 11.7. The third kappa shape index (κ3) is 7.00. The topological polar surface area (TPSA) is 72.9 Å². The highest BCUT2D eigenvalue weighted by atomic mass is 35.5. The van der Waals surface area contributed by atoms with E-state index in [1.54, 1.807) is 41.3 Å². The van der Waals surface area contributed by atoms with Gasteiger partial charge in [-0.25, -0.2) is 0 Å². The van der Waals surface area contributed by atoms with E-state index in [1.165, 1.54) is 0 Å². The molecule has 1 heterocycles. The van der Waals surface area contributed by atoms with E-state index in [0.717, 1.165) is 16.9 Å². The number of hydrogen-bond donors (Lipinski definition) is 0. The van der Waals surface area contributed by atoms with Gasteiger partial charge in [0.1, 0.15) is 11.5 Å². The number of halogens is 2.